The molecular formula is C17H16BrNO. The van der Waals surface area contributed by atoms with E-state index in [-0.39, 0.29) is 6.04 Å². The van der Waals surface area contributed by atoms with Crippen molar-refractivity contribution in [2.45, 2.75) is 19.9 Å². The van der Waals surface area contributed by atoms with E-state index in [4.69, 9.17) is 4.42 Å². The molecule has 1 aromatic heterocycles. The fraction of sp³-hybridized carbons (Fsp3) is 0.176. The molecule has 0 amide bonds. The second-order valence-corrected chi connectivity index (χ2v) is 5.98. The van der Waals surface area contributed by atoms with E-state index in [0.717, 1.165) is 26.9 Å². The van der Waals surface area contributed by atoms with Gasteiger partial charge in [0.15, 0.2) is 0 Å². The molecule has 0 spiro atoms. The molecular weight excluding hydrogens is 314 g/mol. The summed E-state index contributed by atoms with van der Waals surface area (Å²) in [6.45, 7) is 4.20. The van der Waals surface area contributed by atoms with E-state index in [1.807, 2.05) is 12.1 Å². The smallest absolute Gasteiger partial charge is 0.134 e. The van der Waals surface area contributed by atoms with E-state index in [0.29, 0.717) is 0 Å². The van der Waals surface area contributed by atoms with Gasteiger partial charge in [-0.1, -0.05) is 28.1 Å². The monoisotopic (exact) mass is 329 g/mol. The van der Waals surface area contributed by atoms with Crippen LogP contribution < -0.4 is 5.32 Å². The molecule has 1 atom stereocenters. The summed E-state index contributed by atoms with van der Waals surface area (Å²) in [6.07, 6.45) is 0. The Morgan fingerprint density at radius 1 is 1.10 bits per heavy atom. The van der Waals surface area contributed by atoms with Gasteiger partial charge in [-0.25, -0.2) is 0 Å². The maximum absolute atomic E-state index is 5.90. The summed E-state index contributed by atoms with van der Waals surface area (Å²) in [7, 11) is 0. The van der Waals surface area contributed by atoms with Crippen LogP contribution in [0.5, 0.6) is 0 Å². The van der Waals surface area contributed by atoms with Crippen LogP contribution in [0.1, 0.15) is 24.3 Å². The van der Waals surface area contributed by atoms with Crippen molar-refractivity contribution in [1.82, 2.24) is 0 Å². The number of fused-ring (bicyclic) bond motifs is 1. The molecule has 0 radical (unpaired) electrons. The first-order valence-electron chi connectivity index (χ1n) is 6.64. The van der Waals surface area contributed by atoms with Crippen molar-refractivity contribution in [3.8, 4) is 0 Å². The fourth-order valence-corrected chi connectivity index (χ4v) is 2.68. The zero-order chi connectivity index (χ0) is 14.1. The lowest BCUT2D eigenvalue weighted by molar-refractivity contribution is 0.526. The molecule has 0 saturated heterocycles. The molecule has 0 fully saturated rings. The average molecular weight is 330 g/mol. The fourth-order valence-electron chi connectivity index (χ4n) is 2.30. The summed E-state index contributed by atoms with van der Waals surface area (Å²) >= 11 is 3.48. The van der Waals surface area contributed by atoms with Gasteiger partial charge >= 0.3 is 0 Å². The lowest BCUT2D eigenvalue weighted by atomic mass is 10.2. The van der Waals surface area contributed by atoms with Crippen molar-refractivity contribution in [2.24, 2.45) is 0 Å². The van der Waals surface area contributed by atoms with Gasteiger partial charge in [0.1, 0.15) is 11.3 Å². The molecule has 2 nitrogen and oxygen atoms in total. The van der Waals surface area contributed by atoms with Gasteiger partial charge in [0.05, 0.1) is 6.04 Å². The van der Waals surface area contributed by atoms with Gasteiger partial charge in [0.25, 0.3) is 0 Å². The van der Waals surface area contributed by atoms with Crippen LogP contribution in [-0.4, -0.2) is 0 Å². The number of anilines is 1. The number of halogens is 1. The molecule has 20 heavy (non-hydrogen) atoms. The van der Waals surface area contributed by atoms with E-state index in [1.165, 1.54) is 5.56 Å². The Hall–Kier alpha value is -1.74. The standard InChI is InChI=1S/C17H16BrNO/c1-11-4-3-5-15(8-11)19-12(2)17-10-13-9-14(18)6-7-16(13)20-17/h3-10,12,19H,1-2H3. The largest absolute Gasteiger partial charge is 0.459 e. The second-order valence-electron chi connectivity index (χ2n) is 5.07. The van der Waals surface area contributed by atoms with Crippen LogP contribution >= 0.6 is 15.9 Å². The maximum Gasteiger partial charge on any atom is 0.134 e. The zero-order valence-corrected chi connectivity index (χ0v) is 13.1. The van der Waals surface area contributed by atoms with Gasteiger partial charge in [-0.15, -0.1) is 0 Å². The van der Waals surface area contributed by atoms with Crippen molar-refractivity contribution in [2.75, 3.05) is 5.32 Å². The van der Waals surface area contributed by atoms with E-state index in [2.05, 4.69) is 71.5 Å². The van der Waals surface area contributed by atoms with Gasteiger partial charge in [0, 0.05) is 15.5 Å². The topological polar surface area (TPSA) is 25.2 Å². The van der Waals surface area contributed by atoms with Crippen LogP contribution in [0.3, 0.4) is 0 Å². The van der Waals surface area contributed by atoms with E-state index < -0.39 is 0 Å². The third-order valence-corrected chi connectivity index (χ3v) is 3.82. The molecule has 0 aliphatic carbocycles. The number of hydrogen-bond donors (Lipinski definition) is 1. The number of rotatable bonds is 3. The Labute approximate surface area is 126 Å². The lowest BCUT2D eigenvalue weighted by Gasteiger charge is -2.13. The molecule has 102 valence electrons. The zero-order valence-electron chi connectivity index (χ0n) is 11.5. The number of aryl methyl sites for hydroxylation is 1. The van der Waals surface area contributed by atoms with E-state index in [1.54, 1.807) is 0 Å². The van der Waals surface area contributed by atoms with Gasteiger partial charge in [0.2, 0.25) is 0 Å². The van der Waals surface area contributed by atoms with Crippen molar-refractivity contribution < 1.29 is 4.42 Å². The molecule has 3 rings (SSSR count). The highest BCUT2D eigenvalue weighted by Gasteiger charge is 2.11. The Bertz CT molecular complexity index is 748. The van der Waals surface area contributed by atoms with Crippen molar-refractivity contribution in [1.29, 1.82) is 0 Å². The third-order valence-electron chi connectivity index (χ3n) is 3.33. The Balaban J connectivity index is 1.86. The van der Waals surface area contributed by atoms with Crippen LogP contribution in [0.25, 0.3) is 11.0 Å². The summed E-state index contributed by atoms with van der Waals surface area (Å²) in [4.78, 5) is 0. The van der Waals surface area contributed by atoms with Gasteiger partial charge < -0.3 is 9.73 Å². The minimum absolute atomic E-state index is 0.128. The molecule has 3 aromatic rings. The number of hydrogen-bond acceptors (Lipinski definition) is 2. The van der Waals surface area contributed by atoms with Crippen LogP contribution in [0.15, 0.2) is 57.4 Å². The highest BCUT2D eigenvalue weighted by atomic mass is 79.9. The summed E-state index contributed by atoms with van der Waals surface area (Å²) in [5.41, 5.74) is 3.27. The molecule has 2 aromatic carbocycles. The van der Waals surface area contributed by atoms with Crippen LogP contribution in [0.4, 0.5) is 5.69 Å². The summed E-state index contributed by atoms with van der Waals surface area (Å²) in [5, 5.41) is 4.59. The SMILES string of the molecule is Cc1cccc(NC(C)c2cc3cc(Br)ccc3o2)c1. The molecule has 0 aliphatic heterocycles. The Kier molecular flexibility index (Phi) is 3.53. The molecule has 1 N–H and O–H groups in total. The normalized spacial score (nSPS) is 12.6. The van der Waals surface area contributed by atoms with E-state index in [9.17, 15) is 0 Å². The highest BCUT2D eigenvalue weighted by molar-refractivity contribution is 9.10. The maximum atomic E-state index is 5.90. The first kappa shape index (κ1) is 13.3. The quantitative estimate of drug-likeness (QED) is 0.669. The minimum Gasteiger partial charge on any atom is -0.459 e. The van der Waals surface area contributed by atoms with E-state index >= 15 is 0 Å². The van der Waals surface area contributed by atoms with Crippen molar-refractivity contribution >= 4 is 32.6 Å². The predicted octanol–water partition coefficient (Wildman–Crippen LogP) is 5.68. The van der Waals surface area contributed by atoms with Crippen molar-refractivity contribution in [3.63, 3.8) is 0 Å². The van der Waals surface area contributed by atoms with Crippen molar-refractivity contribution in [3.05, 3.63) is 64.3 Å². The molecule has 3 heteroatoms. The van der Waals surface area contributed by atoms with Gasteiger partial charge in [-0.05, 0) is 55.8 Å². The van der Waals surface area contributed by atoms with Crippen LogP contribution in [0, 0.1) is 6.92 Å². The first-order chi connectivity index (χ1) is 9.61. The lowest BCUT2D eigenvalue weighted by Crippen LogP contribution is -2.05. The van der Waals surface area contributed by atoms with Crippen LogP contribution in [0.2, 0.25) is 0 Å². The average Bonchev–Trinajstić information content (AvgIpc) is 2.81. The third kappa shape index (κ3) is 2.73. The number of nitrogens with one attached hydrogen (secondary N) is 1. The van der Waals surface area contributed by atoms with Gasteiger partial charge in [-0.2, -0.15) is 0 Å². The summed E-state index contributed by atoms with van der Waals surface area (Å²) < 4.78 is 6.97. The summed E-state index contributed by atoms with van der Waals surface area (Å²) in [5.74, 6) is 0.944. The molecule has 0 bridgehead atoms. The molecule has 0 saturated carbocycles. The molecule has 1 unspecified atom stereocenters. The first-order valence-corrected chi connectivity index (χ1v) is 7.43. The van der Waals surface area contributed by atoms with Crippen LogP contribution in [-0.2, 0) is 0 Å². The second kappa shape index (κ2) is 5.33. The minimum atomic E-state index is 0.128. The number of furan rings is 1. The highest BCUT2D eigenvalue weighted by Crippen LogP contribution is 2.28. The Morgan fingerprint density at radius 3 is 2.75 bits per heavy atom. The summed E-state index contributed by atoms with van der Waals surface area (Å²) in [6, 6.07) is 16.6. The number of benzene rings is 2. The molecule has 1 heterocycles. The van der Waals surface area contributed by atoms with Gasteiger partial charge in [-0.3, -0.25) is 0 Å². The predicted molar refractivity (Wildman–Crippen MR) is 87.1 cm³/mol. The Morgan fingerprint density at radius 2 is 1.95 bits per heavy atom. The molecule has 0 aliphatic rings.